The first kappa shape index (κ1) is 23.4. The fraction of sp³-hybridized carbons (Fsp3) is 0.133. The van der Waals surface area contributed by atoms with Gasteiger partial charge in [0.25, 0.3) is 0 Å². The van der Waals surface area contributed by atoms with E-state index in [1.54, 1.807) is 0 Å². The van der Waals surface area contributed by atoms with Gasteiger partial charge in [-0.2, -0.15) is 5.21 Å². The molecule has 4 aromatic carbocycles. The van der Waals surface area contributed by atoms with Crippen LogP contribution in [-0.2, 0) is 0 Å². The summed E-state index contributed by atoms with van der Waals surface area (Å²) in [5, 5.41) is 20.6. The van der Waals surface area contributed by atoms with Crippen molar-refractivity contribution >= 4 is 17.4 Å². The second-order valence-electron chi connectivity index (χ2n) is 9.38. The molecule has 0 radical (unpaired) electrons. The summed E-state index contributed by atoms with van der Waals surface area (Å²) in [7, 11) is 0. The molecule has 0 saturated heterocycles. The molecule has 2 amide bonds. The van der Waals surface area contributed by atoms with Gasteiger partial charge in [0.15, 0.2) is 0 Å². The second-order valence-corrected chi connectivity index (χ2v) is 9.38. The number of anilines is 2. The molecule has 3 N–H and O–H groups in total. The van der Waals surface area contributed by atoms with Crippen LogP contribution in [0.4, 0.5) is 16.2 Å². The number of benzene rings is 4. The maximum absolute atomic E-state index is 13.1. The van der Waals surface area contributed by atoms with E-state index in [9.17, 15) is 4.79 Å². The largest absolute Gasteiger partial charge is 0.487 e. The van der Waals surface area contributed by atoms with E-state index in [0.29, 0.717) is 22.9 Å². The lowest BCUT2D eigenvalue weighted by atomic mass is 9.86. The molecule has 5 aromatic rings. The number of carbonyl (C=O) groups excluding carboxylic acids is 1. The van der Waals surface area contributed by atoms with E-state index in [4.69, 9.17) is 4.74 Å². The Morgan fingerprint density at radius 2 is 1.63 bits per heavy atom. The van der Waals surface area contributed by atoms with E-state index in [-0.39, 0.29) is 18.1 Å². The van der Waals surface area contributed by atoms with Crippen molar-refractivity contribution < 1.29 is 9.53 Å². The van der Waals surface area contributed by atoms with Crippen LogP contribution in [0, 0.1) is 6.92 Å². The lowest BCUT2D eigenvalue weighted by molar-refractivity contribution is 0.239. The Bertz CT molecular complexity index is 1580. The van der Waals surface area contributed by atoms with Gasteiger partial charge in [0.05, 0.1) is 5.69 Å². The van der Waals surface area contributed by atoms with Crippen molar-refractivity contribution in [2.75, 3.05) is 10.6 Å². The van der Waals surface area contributed by atoms with Crippen LogP contribution >= 0.6 is 0 Å². The number of aromatic nitrogens is 4. The van der Waals surface area contributed by atoms with Crippen LogP contribution in [0.25, 0.3) is 22.5 Å². The second kappa shape index (κ2) is 9.82. The molecule has 8 nitrogen and oxygen atoms in total. The minimum Gasteiger partial charge on any atom is -0.487 e. The highest BCUT2D eigenvalue weighted by molar-refractivity contribution is 6.02. The molecule has 1 aliphatic rings. The fourth-order valence-electron chi connectivity index (χ4n) is 5.01. The van der Waals surface area contributed by atoms with Gasteiger partial charge in [-0.1, -0.05) is 72.3 Å². The summed E-state index contributed by atoms with van der Waals surface area (Å²) >= 11 is 0. The molecule has 6 rings (SSSR count). The van der Waals surface area contributed by atoms with E-state index >= 15 is 0 Å². The molecule has 38 heavy (non-hydrogen) atoms. The standard InChI is InChI=1S/C30H26N6O2/c1-18-12-14-22(15-13-18)31-30(37)32-26-17-21(23-10-6-7-11-24(23)29-33-35-36-34-29)16-25-27(19(2)38-28(25)26)20-8-4-3-5-9-20/h3-17,19,27H,1-2H3,(H2,31,32,37)(H,33,34,35,36)/t19-,27-/m0/s1. The summed E-state index contributed by atoms with van der Waals surface area (Å²) < 4.78 is 6.38. The summed E-state index contributed by atoms with van der Waals surface area (Å²) in [5.74, 6) is 1.17. The molecule has 0 bridgehead atoms. The fourth-order valence-corrected chi connectivity index (χ4v) is 5.01. The third-order valence-corrected chi connectivity index (χ3v) is 6.77. The first-order valence-corrected chi connectivity index (χ1v) is 12.4. The predicted octanol–water partition coefficient (Wildman–Crippen LogP) is 6.40. The molecule has 0 unspecified atom stereocenters. The molecular formula is C30H26N6O2. The predicted molar refractivity (Wildman–Crippen MR) is 147 cm³/mol. The summed E-state index contributed by atoms with van der Waals surface area (Å²) in [6.07, 6.45) is -0.115. The number of urea groups is 1. The van der Waals surface area contributed by atoms with E-state index in [2.05, 4.69) is 56.4 Å². The number of aromatic amines is 1. The minimum atomic E-state index is -0.348. The van der Waals surface area contributed by atoms with Crippen molar-refractivity contribution in [3.8, 4) is 28.3 Å². The van der Waals surface area contributed by atoms with E-state index in [1.807, 2.05) is 79.7 Å². The van der Waals surface area contributed by atoms with Crippen LogP contribution in [0.5, 0.6) is 5.75 Å². The lowest BCUT2D eigenvalue weighted by Crippen LogP contribution is -2.20. The number of ether oxygens (including phenoxy) is 1. The normalized spacial score (nSPS) is 15.9. The summed E-state index contributed by atoms with van der Waals surface area (Å²) in [5.41, 5.74) is 7.25. The average Bonchev–Trinajstić information content (AvgIpc) is 3.58. The highest BCUT2D eigenvalue weighted by Crippen LogP contribution is 2.49. The Morgan fingerprint density at radius 1 is 0.895 bits per heavy atom. The smallest absolute Gasteiger partial charge is 0.323 e. The topological polar surface area (TPSA) is 105 Å². The van der Waals surface area contributed by atoms with Gasteiger partial charge in [-0.3, -0.25) is 0 Å². The number of tetrazole rings is 1. The van der Waals surface area contributed by atoms with E-state index < -0.39 is 0 Å². The molecule has 0 saturated carbocycles. The summed E-state index contributed by atoms with van der Waals surface area (Å²) in [4.78, 5) is 13.1. The zero-order valence-electron chi connectivity index (χ0n) is 21.0. The Kier molecular flexibility index (Phi) is 6.05. The van der Waals surface area contributed by atoms with Gasteiger partial charge in [0.2, 0.25) is 5.82 Å². The number of fused-ring (bicyclic) bond motifs is 1. The summed E-state index contributed by atoms with van der Waals surface area (Å²) in [6.45, 7) is 4.06. The third-order valence-electron chi connectivity index (χ3n) is 6.77. The molecule has 8 heteroatoms. The highest BCUT2D eigenvalue weighted by Gasteiger charge is 2.35. The molecular weight excluding hydrogens is 476 g/mol. The SMILES string of the molecule is Cc1ccc(NC(=O)Nc2cc(-c3ccccc3-c3nn[nH]n3)cc3c2O[C@@H](C)[C@H]3c2ccccc2)cc1. The van der Waals surface area contributed by atoms with Crippen LogP contribution in [0.2, 0.25) is 0 Å². The van der Waals surface area contributed by atoms with Crippen molar-refractivity contribution in [2.24, 2.45) is 0 Å². The van der Waals surface area contributed by atoms with Crippen molar-refractivity contribution in [3.63, 3.8) is 0 Å². The van der Waals surface area contributed by atoms with Gasteiger partial charge in [-0.25, -0.2) is 4.79 Å². The maximum Gasteiger partial charge on any atom is 0.323 e. The van der Waals surface area contributed by atoms with Crippen LogP contribution in [0.15, 0.2) is 91.0 Å². The first-order chi connectivity index (χ1) is 18.6. The molecule has 0 aliphatic carbocycles. The maximum atomic E-state index is 13.1. The number of H-pyrrole nitrogens is 1. The monoisotopic (exact) mass is 502 g/mol. The summed E-state index contributed by atoms with van der Waals surface area (Å²) in [6, 6.07) is 29.6. The number of amides is 2. The zero-order chi connectivity index (χ0) is 26.1. The molecule has 1 aliphatic heterocycles. The van der Waals surface area contributed by atoms with Crippen LogP contribution in [0.3, 0.4) is 0 Å². The number of nitrogens with zero attached hydrogens (tertiary/aromatic N) is 3. The number of aryl methyl sites for hydroxylation is 1. The molecule has 1 aromatic heterocycles. The van der Waals surface area contributed by atoms with Crippen molar-refractivity contribution in [1.29, 1.82) is 0 Å². The van der Waals surface area contributed by atoms with E-state index in [1.165, 1.54) is 0 Å². The number of nitrogens with one attached hydrogen (secondary N) is 3. The van der Waals surface area contributed by atoms with Gasteiger partial charge in [0, 0.05) is 22.7 Å². The van der Waals surface area contributed by atoms with Crippen LogP contribution in [-0.4, -0.2) is 32.8 Å². The van der Waals surface area contributed by atoms with Crippen molar-refractivity contribution in [1.82, 2.24) is 20.6 Å². The quantitative estimate of drug-likeness (QED) is 0.258. The molecule has 2 atom stereocenters. The Balaban J connectivity index is 1.45. The van der Waals surface area contributed by atoms with Crippen LogP contribution < -0.4 is 15.4 Å². The van der Waals surface area contributed by atoms with Crippen LogP contribution in [0.1, 0.15) is 29.5 Å². The lowest BCUT2D eigenvalue weighted by Gasteiger charge is -2.16. The Morgan fingerprint density at radius 3 is 2.37 bits per heavy atom. The van der Waals surface area contributed by atoms with Gasteiger partial charge < -0.3 is 15.4 Å². The average molecular weight is 503 g/mol. The minimum absolute atomic E-state index is 0.00389. The molecule has 2 heterocycles. The van der Waals surface area contributed by atoms with Crippen molar-refractivity contribution in [2.45, 2.75) is 25.9 Å². The third kappa shape index (κ3) is 4.48. The molecule has 0 spiro atoms. The molecule has 0 fully saturated rings. The Hall–Kier alpha value is -4.98. The zero-order valence-corrected chi connectivity index (χ0v) is 21.0. The van der Waals surface area contributed by atoms with E-state index in [0.717, 1.165) is 33.4 Å². The number of carbonyl (C=O) groups is 1. The van der Waals surface area contributed by atoms with Gasteiger partial charge in [0.1, 0.15) is 11.9 Å². The highest BCUT2D eigenvalue weighted by atomic mass is 16.5. The molecule has 188 valence electrons. The number of hydrogen-bond donors (Lipinski definition) is 3. The number of hydrogen-bond acceptors (Lipinski definition) is 5. The number of rotatable bonds is 5. The van der Waals surface area contributed by atoms with Crippen molar-refractivity contribution in [3.05, 3.63) is 108 Å². The van der Waals surface area contributed by atoms with Gasteiger partial charge in [-0.15, -0.1) is 10.2 Å². The Labute approximate surface area is 220 Å². The first-order valence-electron chi connectivity index (χ1n) is 12.4. The van der Waals surface area contributed by atoms with Gasteiger partial charge >= 0.3 is 6.03 Å². The van der Waals surface area contributed by atoms with Gasteiger partial charge in [-0.05, 0) is 60.0 Å².